The minimum absolute atomic E-state index is 0.0461. The third-order valence-corrected chi connectivity index (χ3v) is 8.41. The van der Waals surface area contributed by atoms with Gasteiger partial charge in [-0.15, -0.1) is 0 Å². The molecule has 208 valence electrons. The van der Waals surface area contributed by atoms with Gasteiger partial charge in [0, 0.05) is 30.4 Å². The van der Waals surface area contributed by atoms with Crippen LogP contribution in [0.5, 0.6) is 0 Å². The lowest BCUT2D eigenvalue weighted by atomic mass is 9.84. The van der Waals surface area contributed by atoms with E-state index >= 15 is 0 Å². The summed E-state index contributed by atoms with van der Waals surface area (Å²) in [4.78, 5) is 47.6. The minimum atomic E-state index is -3.21. The van der Waals surface area contributed by atoms with E-state index in [1.165, 1.54) is 17.0 Å². The number of guanidine groups is 2. The van der Waals surface area contributed by atoms with Crippen LogP contribution in [0.1, 0.15) is 47.2 Å². The Kier molecular flexibility index (Phi) is 5.43. The lowest BCUT2D eigenvalue weighted by Gasteiger charge is -2.46. The van der Waals surface area contributed by atoms with Crippen LogP contribution in [-0.4, -0.2) is 92.3 Å². The van der Waals surface area contributed by atoms with Gasteiger partial charge >= 0.3 is 5.96 Å². The van der Waals surface area contributed by atoms with Crippen LogP contribution < -0.4 is 27.1 Å². The van der Waals surface area contributed by atoms with Crippen LogP contribution in [0, 0.1) is 0 Å². The number of nitrogens with one attached hydrogen (secondary N) is 3. The van der Waals surface area contributed by atoms with Crippen molar-refractivity contribution in [2.75, 3.05) is 13.1 Å². The molecule has 1 aliphatic carbocycles. The number of carbonyl (C=O) groups is 3. The molecule has 6 rings (SSSR count). The van der Waals surface area contributed by atoms with Crippen molar-refractivity contribution >= 4 is 29.6 Å². The number of likely N-dealkylation sites (tertiary alicyclic amines) is 1. The molecule has 0 saturated carbocycles. The van der Waals surface area contributed by atoms with Crippen molar-refractivity contribution in [1.29, 1.82) is 0 Å². The van der Waals surface area contributed by atoms with Gasteiger partial charge in [0.2, 0.25) is 17.6 Å². The van der Waals surface area contributed by atoms with Crippen molar-refractivity contribution < 1.29 is 38.4 Å². The number of aliphatic hydroxyl groups is 2. The molecule has 0 aromatic heterocycles. The van der Waals surface area contributed by atoms with Gasteiger partial charge in [-0.25, -0.2) is 19.1 Å². The van der Waals surface area contributed by atoms with Crippen molar-refractivity contribution in [3.63, 3.8) is 0 Å². The van der Waals surface area contributed by atoms with Crippen molar-refractivity contribution in [2.24, 2.45) is 16.5 Å². The van der Waals surface area contributed by atoms with Crippen molar-refractivity contribution in [1.82, 2.24) is 20.4 Å². The van der Waals surface area contributed by atoms with Gasteiger partial charge in [0.05, 0.1) is 13.1 Å². The number of fused-ring (bicyclic) bond motifs is 1. The highest BCUT2D eigenvalue weighted by atomic mass is 19.3. The molecule has 4 aliphatic heterocycles. The normalized spacial score (nSPS) is 32.2. The molecule has 13 nitrogen and oxygen atoms in total. The van der Waals surface area contributed by atoms with Crippen LogP contribution in [0.3, 0.4) is 0 Å². The fourth-order valence-corrected chi connectivity index (χ4v) is 6.63. The number of carbonyl (C=O) groups excluding carboxylic acids is 3. The molecule has 4 atom stereocenters. The predicted octanol–water partition coefficient (Wildman–Crippen LogP) is -3.88. The first-order valence-electron chi connectivity index (χ1n) is 12.7. The Morgan fingerprint density at radius 3 is 2.64 bits per heavy atom. The molecule has 2 saturated heterocycles. The standard InChI is InChI=1S/C24H28F2N8O5/c25-22(26)8-2-4-11-3-1-5-12(17(11)22)19(37)30-14-10-34-21(28)29-13(9-33-15(35)6-7-16(33)36)18-23(34,24(14,38)39)32-20(27)31-18/h1,3,5,13-14,18,38-39H,2,4,6-10H2,(H2,28,29)(H,30,37)(H3,27,31,32)/p+1/t13-,14?,18-,23-/m0/s1. The fraction of sp³-hybridized carbons (Fsp3) is 0.542. The molecule has 1 aromatic carbocycles. The summed E-state index contributed by atoms with van der Waals surface area (Å²) in [5.74, 6) is -7.83. The smallest absolute Gasteiger partial charge is 0.343 e. The highest BCUT2D eigenvalue weighted by Crippen LogP contribution is 2.43. The maximum absolute atomic E-state index is 14.9. The van der Waals surface area contributed by atoms with E-state index in [-0.39, 0.29) is 67.2 Å². The molecule has 39 heavy (non-hydrogen) atoms. The maximum Gasteiger partial charge on any atom is 0.343 e. The number of halogens is 2. The van der Waals surface area contributed by atoms with E-state index in [1.807, 2.05) is 0 Å². The number of nitrogens with zero attached hydrogens (tertiary/aromatic N) is 3. The first-order valence-corrected chi connectivity index (χ1v) is 12.7. The predicted molar refractivity (Wildman–Crippen MR) is 130 cm³/mol. The Morgan fingerprint density at radius 2 is 1.92 bits per heavy atom. The number of rotatable bonds is 4. The molecule has 5 aliphatic rings. The van der Waals surface area contributed by atoms with Gasteiger partial charge in [-0.05, 0) is 24.5 Å². The molecular formula is C24H29F2N8O5+. The van der Waals surface area contributed by atoms with Crippen molar-refractivity contribution in [3.05, 3.63) is 34.9 Å². The van der Waals surface area contributed by atoms with E-state index in [4.69, 9.17) is 11.5 Å². The van der Waals surface area contributed by atoms with E-state index in [2.05, 4.69) is 20.6 Å². The molecule has 1 unspecified atom stereocenters. The Bertz CT molecular complexity index is 1330. The number of aliphatic imine (C=N–C) groups is 1. The van der Waals surface area contributed by atoms with Crippen LogP contribution in [0.25, 0.3) is 0 Å². The van der Waals surface area contributed by atoms with Gasteiger partial charge < -0.3 is 21.3 Å². The van der Waals surface area contributed by atoms with Crippen molar-refractivity contribution in [3.8, 4) is 0 Å². The molecule has 4 heterocycles. The number of hydrogen-bond donors (Lipinski definition) is 7. The third-order valence-electron chi connectivity index (χ3n) is 8.41. The Hall–Kier alpha value is -3.85. The van der Waals surface area contributed by atoms with E-state index in [0.717, 1.165) is 4.90 Å². The highest BCUT2D eigenvalue weighted by molar-refractivity contribution is 6.02. The van der Waals surface area contributed by atoms with Gasteiger partial charge in [0.1, 0.15) is 12.1 Å². The molecular weight excluding hydrogens is 518 g/mol. The summed E-state index contributed by atoms with van der Waals surface area (Å²) < 4.78 is 29.7. The Balaban J connectivity index is 1.33. The largest absolute Gasteiger partial charge is 0.370 e. The summed E-state index contributed by atoms with van der Waals surface area (Å²) in [7, 11) is 0. The quantitative estimate of drug-likeness (QED) is 0.145. The summed E-state index contributed by atoms with van der Waals surface area (Å²) >= 11 is 0. The Morgan fingerprint density at radius 1 is 1.21 bits per heavy atom. The number of amides is 3. The number of alkyl halides is 2. The molecule has 0 bridgehead atoms. The van der Waals surface area contributed by atoms with Crippen LogP contribution in [-0.2, 0) is 21.9 Å². The topological polar surface area (TPSA) is 201 Å². The first-order chi connectivity index (χ1) is 18.4. The summed E-state index contributed by atoms with van der Waals surface area (Å²) in [5, 5.41) is 28.5. The monoisotopic (exact) mass is 547 g/mol. The average molecular weight is 548 g/mol. The zero-order valence-corrected chi connectivity index (χ0v) is 20.8. The number of benzene rings is 1. The van der Waals surface area contributed by atoms with Gasteiger partial charge in [-0.1, -0.05) is 12.1 Å². The number of imide groups is 1. The number of hydrogen-bond acceptors (Lipinski definition) is 10. The number of aryl methyl sites for hydroxylation is 1. The van der Waals surface area contributed by atoms with E-state index in [1.54, 1.807) is 6.07 Å². The third kappa shape index (κ3) is 3.52. The van der Waals surface area contributed by atoms with E-state index in [0.29, 0.717) is 12.0 Å². The van der Waals surface area contributed by atoms with Gasteiger partial charge in [-0.3, -0.25) is 34.9 Å². The van der Waals surface area contributed by atoms with Crippen molar-refractivity contribution in [2.45, 2.75) is 67.6 Å². The van der Waals surface area contributed by atoms with Crippen LogP contribution >= 0.6 is 0 Å². The Labute approximate surface area is 220 Å². The molecule has 3 amide bonds. The number of nitrogens with two attached hydrogens (primary N) is 2. The SMILES string of the molecule is NC1=N[C@@H](CN2C(=O)CCC2=O)[C@@H]2[NH+]=C(N)N[C@]23N1CC(NC(=O)c1cccc2c1C(F)(F)CCC2)C3(O)O. The molecule has 15 heteroatoms. The second-order valence-electron chi connectivity index (χ2n) is 10.6. The zero-order chi connectivity index (χ0) is 27.9. The van der Waals surface area contributed by atoms with Crippen LogP contribution in [0.15, 0.2) is 23.2 Å². The molecule has 9 N–H and O–H groups in total. The van der Waals surface area contributed by atoms with E-state index in [9.17, 15) is 33.4 Å². The van der Waals surface area contributed by atoms with Gasteiger partial charge in [0.25, 0.3) is 17.5 Å². The zero-order valence-electron chi connectivity index (χ0n) is 20.8. The average Bonchev–Trinajstić information content (AvgIpc) is 3.46. The lowest BCUT2D eigenvalue weighted by molar-refractivity contribution is -0.521. The maximum atomic E-state index is 14.9. The second-order valence-corrected chi connectivity index (χ2v) is 10.6. The lowest BCUT2D eigenvalue weighted by Crippen LogP contribution is -2.90. The summed E-state index contributed by atoms with van der Waals surface area (Å²) in [6.07, 6.45) is 0.421. The summed E-state index contributed by atoms with van der Waals surface area (Å²) in [6, 6.07) is 1.00. The van der Waals surface area contributed by atoms with E-state index < -0.39 is 47.8 Å². The van der Waals surface area contributed by atoms with Gasteiger partial charge in [0.15, 0.2) is 12.0 Å². The van der Waals surface area contributed by atoms with Crippen LogP contribution in [0.4, 0.5) is 8.78 Å². The highest BCUT2D eigenvalue weighted by Gasteiger charge is 2.76. The fourth-order valence-electron chi connectivity index (χ4n) is 6.63. The summed E-state index contributed by atoms with van der Waals surface area (Å²) in [5.41, 5.74) is 10.2. The second kappa shape index (κ2) is 8.32. The van der Waals surface area contributed by atoms with Crippen LogP contribution in [0.2, 0.25) is 0 Å². The molecule has 0 radical (unpaired) electrons. The molecule has 1 aromatic rings. The first kappa shape index (κ1) is 25.4. The molecule has 2 fully saturated rings. The summed E-state index contributed by atoms with van der Waals surface area (Å²) in [6.45, 7) is -0.439. The van der Waals surface area contributed by atoms with Gasteiger partial charge in [-0.2, -0.15) is 0 Å². The molecule has 1 spiro atoms. The minimum Gasteiger partial charge on any atom is -0.370 e.